The van der Waals surface area contributed by atoms with Gasteiger partial charge in [-0.3, -0.25) is 4.98 Å². The molecular weight excluding hydrogens is 224 g/mol. The summed E-state index contributed by atoms with van der Waals surface area (Å²) in [6.45, 7) is 4.42. The average molecular weight is 242 g/mol. The molecule has 0 saturated carbocycles. The van der Waals surface area contributed by atoms with E-state index < -0.39 is 0 Å². The molecule has 0 fully saturated rings. The summed E-state index contributed by atoms with van der Waals surface area (Å²) in [5.74, 6) is 0.914. The molecule has 94 valence electrons. The van der Waals surface area contributed by atoms with Gasteiger partial charge < -0.3 is 10.1 Å². The zero-order valence-corrected chi connectivity index (χ0v) is 10.6. The van der Waals surface area contributed by atoms with Crippen LogP contribution in [0.1, 0.15) is 11.1 Å². The van der Waals surface area contributed by atoms with Crippen LogP contribution in [-0.2, 0) is 6.54 Å². The van der Waals surface area contributed by atoms with Crippen LogP contribution in [0.3, 0.4) is 0 Å². The highest BCUT2D eigenvalue weighted by Gasteiger charge is 1.97. The summed E-state index contributed by atoms with van der Waals surface area (Å²) in [6.07, 6.45) is 3.72. The number of benzene rings is 1. The van der Waals surface area contributed by atoms with Crippen molar-refractivity contribution in [3.05, 3.63) is 59.9 Å². The van der Waals surface area contributed by atoms with Crippen LogP contribution in [0, 0.1) is 6.92 Å². The summed E-state index contributed by atoms with van der Waals surface area (Å²) >= 11 is 0. The molecule has 2 rings (SSSR count). The monoisotopic (exact) mass is 242 g/mol. The molecule has 0 aliphatic rings. The quantitative estimate of drug-likeness (QED) is 0.790. The number of nitrogens with one attached hydrogen (secondary N) is 1. The minimum absolute atomic E-state index is 0.670. The van der Waals surface area contributed by atoms with Gasteiger partial charge in [0.05, 0.1) is 0 Å². The van der Waals surface area contributed by atoms with E-state index in [1.54, 1.807) is 0 Å². The van der Waals surface area contributed by atoms with Gasteiger partial charge in [-0.05, 0) is 36.2 Å². The molecule has 1 N–H and O–H groups in total. The van der Waals surface area contributed by atoms with Gasteiger partial charge in [0.15, 0.2) is 0 Å². The molecule has 0 bridgehead atoms. The Kier molecular flexibility index (Phi) is 4.73. The molecule has 0 spiro atoms. The van der Waals surface area contributed by atoms with Crippen molar-refractivity contribution in [2.45, 2.75) is 13.5 Å². The summed E-state index contributed by atoms with van der Waals surface area (Å²) in [6, 6.07) is 11.9. The lowest BCUT2D eigenvalue weighted by Gasteiger charge is -2.08. The highest BCUT2D eigenvalue weighted by molar-refractivity contribution is 5.21. The number of hydrogen-bond acceptors (Lipinski definition) is 3. The third-order valence-corrected chi connectivity index (χ3v) is 2.75. The first-order chi connectivity index (χ1) is 8.86. The molecule has 0 radical (unpaired) electrons. The van der Waals surface area contributed by atoms with Crippen LogP contribution in [0.4, 0.5) is 0 Å². The molecule has 18 heavy (non-hydrogen) atoms. The molecule has 3 nitrogen and oxygen atoms in total. The molecule has 0 amide bonds. The summed E-state index contributed by atoms with van der Waals surface area (Å²) in [5.41, 5.74) is 2.50. The fourth-order valence-corrected chi connectivity index (χ4v) is 1.66. The van der Waals surface area contributed by atoms with Crippen LogP contribution in [0.2, 0.25) is 0 Å². The minimum Gasteiger partial charge on any atom is -0.492 e. The van der Waals surface area contributed by atoms with Gasteiger partial charge in [-0.15, -0.1) is 0 Å². The lowest BCUT2D eigenvalue weighted by atomic mass is 10.2. The average Bonchev–Trinajstić information content (AvgIpc) is 2.42. The first-order valence-corrected chi connectivity index (χ1v) is 6.14. The Morgan fingerprint density at radius 2 is 2.00 bits per heavy atom. The molecule has 2 aromatic rings. The van der Waals surface area contributed by atoms with E-state index in [1.807, 2.05) is 48.8 Å². The van der Waals surface area contributed by atoms with Gasteiger partial charge in [-0.2, -0.15) is 0 Å². The first kappa shape index (κ1) is 12.6. The highest BCUT2D eigenvalue weighted by Crippen LogP contribution is 2.07. The smallest absolute Gasteiger partial charge is 0.119 e. The van der Waals surface area contributed by atoms with Crippen LogP contribution in [0.25, 0.3) is 0 Å². The predicted octanol–water partition coefficient (Wildman–Crippen LogP) is 2.56. The Balaban J connectivity index is 1.66. The zero-order chi connectivity index (χ0) is 12.6. The standard InChI is InChI=1S/C15H18N2O/c1-13-7-8-16-11-14(13)12-17-9-10-18-15-5-3-2-4-6-15/h2-8,11,17H,9-10,12H2,1H3. The van der Waals surface area contributed by atoms with Gasteiger partial charge >= 0.3 is 0 Å². The van der Waals surface area contributed by atoms with Crippen LogP contribution < -0.4 is 10.1 Å². The van der Waals surface area contributed by atoms with Crippen LogP contribution in [-0.4, -0.2) is 18.1 Å². The maximum atomic E-state index is 5.60. The van der Waals surface area contributed by atoms with Crippen molar-refractivity contribution in [3.8, 4) is 5.75 Å². The number of aromatic nitrogens is 1. The van der Waals surface area contributed by atoms with E-state index in [0.29, 0.717) is 6.61 Å². The summed E-state index contributed by atoms with van der Waals surface area (Å²) in [7, 11) is 0. The van der Waals surface area contributed by atoms with Gasteiger partial charge in [-0.25, -0.2) is 0 Å². The predicted molar refractivity (Wildman–Crippen MR) is 72.6 cm³/mol. The van der Waals surface area contributed by atoms with Gasteiger partial charge in [0.2, 0.25) is 0 Å². The second-order valence-corrected chi connectivity index (χ2v) is 4.14. The summed E-state index contributed by atoms with van der Waals surface area (Å²) < 4.78 is 5.60. The van der Waals surface area contributed by atoms with Crippen molar-refractivity contribution in [3.63, 3.8) is 0 Å². The Morgan fingerprint density at radius 3 is 2.78 bits per heavy atom. The van der Waals surface area contributed by atoms with E-state index in [2.05, 4.69) is 17.2 Å². The third kappa shape index (κ3) is 3.86. The number of hydrogen-bond donors (Lipinski definition) is 1. The molecule has 1 aromatic heterocycles. The van der Waals surface area contributed by atoms with Gasteiger partial charge in [-0.1, -0.05) is 18.2 Å². The number of rotatable bonds is 6. The lowest BCUT2D eigenvalue weighted by Crippen LogP contribution is -2.21. The molecule has 0 atom stereocenters. The summed E-state index contributed by atoms with van der Waals surface area (Å²) in [4.78, 5) is 4.12. The van der Waals surface area contributed by atoms with Crippen molar-refractivity contribution in [1.29, 1.82) is 0 Å². The van der Waals surface area contributed by atoms with Crippen molar-refractivity contribution >= 4 is 0 Å². The van der Waals surface area contributed by atoms with Crippen LogP contribution >= 0.6 is 0 Å². The molecule has 3 heteroatoms. The van der Waals surface area contributed by atoms with E-state index in [0.717, 1.165) is 18.8 Å². The van der Waals surface area contributed by atoms with E-state index in [4.69, 9.17) is 4.74 Å². The first-order valence-electron chi connectivity index (χ1n) is 6.14. The van der Waals surface area contributed by atoms with Crippen LogP contribution in [0.5, 0.6) is 5.75 Å². The Morgan fingerprint density at radius 1 is 1.17 bits per heavy atom. The zero-order valence-electron chi connectivity index (χ0n) is 10.6. The Labute approximate surface area is 108 Å². The maximum absolute atomic E-state index is 5.60. The topological polar surface area (TPSA) is 34.2 Å². The molecule has 0 saturated heterocycles. The molecule has 0 aliphatic carbocycles. The summed E-state index contributed by atoms with van der Waals surface area (Å²) in [5, 5.41) is 3.35. The fraction of sp³-hybridized carbons (Fsp3) is 0.267. The fourth-order valence-electron chi connectivity index (χ4n) is 1.66. The van der Waals surface area contributed by atoms with Crippen molar-refractivity contribution < 1.29 is 4.74 Å². The van der Waals surface area contributed by atoms with Crippen LogP contribution in [0.15, 0.2) is 48.8 Å². The Bertz CT molecular complexity index is 471. The number of ether oxygens (including phenoxy) is 1. The maximum Gasteiger partial charge on any atom is 0.119 e. The normalized spacial score (nSPS) is 10.3. The second-order valence-electron chi connectivity index (χ2n) is 4.14. The molecular formula is C15H18N2O. The largest absolute Gasteiger partial charge is 0.492 e. The van der Waals surface area contributed by atoms with E-state index >= 15 is 0 Å². The van der Waals surface area contributed by atoms with Gasteiger partial charge in [0.25, 0.3) is 0 Å². The van der Waals surface area contributed by atoms with Gasteiger partial charge in [0, 0.05) is 25.5 Å². The lowest BCUT2D eigenvalue weighted by molar-refractivity contribution is 0.313. The van der Waals surface area contributed by atoms with Crippen molar-refractivity contribution in [1.82, 2.24) is 10.3 Å². The Hall–Kier alpha value is -1.87. The molecule has 1 heterocycles. The third-order valence-electron chi connectivity index (χ3n) is 2.75. The van der Waals surface area contributed by atoms with Gasteiger partial charge in [0.1, 0.15) is 12.4 Å². The van der Waals surface area contributed by atoms with E-state index in [1.165, 1.54) is 11.1 Å². The van der Waals surface area contributed by atoms with E-state index in [-0.39, 0.29) is 0 Å². The number of aryl methyl sites for hydroxylation is 1. The highest BCUT2D eigenvalue weighted by atomic mass is 16.5. The van der Waals surface area contributed by atoms with E-state index in [9.17, 15) is 0 Å². The number of nitrogens with zero attached hydrogens (tertiary/aromatic N) is 1. The molecule has 0 unspecified atom stereocenters. The SMILES string of the molecule is Cc1ccncc1CNCCOc1ccccc1. The molecule has 0 aliphatic heterocycles. The molecule has 1 aromatic carbocycles. The van der Waals surface area contributed by atoms with Crippen molar-refractivity contribution in [2.24, 2.45) is 0 Å². The number of pyridine rings is 1. The minimum atomic E-state index is 0.670. The number of para-hydroxylation sites is 1. The second kappa shape index (κ2) is 6.77. The van der Waals surface area contributed by atoms with Crippen molar-refractivity contribution in [2.75, 3.05) is 13.2 Å².